The number of hydrogen-bond acceptors (Lipinski definition) is 4. The summed E-state index contributed by atoms with van der Waals surface area (Å²) in [6.07, 6.45) is -12.4. The number of carboxylic acids is 1. The number of nitrogens with zero attached hydrogens (tertiary/aromatic N) is 1. The summed E-state index contributed by atoms with van der Waals surface area (Å²) in [7, 11) is 0.750. The topological polar surface area (TPSA) is 72.5 Å². The predicted molar refractivity (Wildman–Crippen MR) is 87.1 cm³/mol. The summed E-state index contributed by atoms with van der Waals surface area (Å²) in [6.45, 7) is -11.3. The third-order valence-electron chi connectivity index (χ3n) is 2.13. The Morgan fingerprint density at radius 1 is 0.778 bits per heavy atom. The van der Waals surface area contributed by atoms with E-state index in [0.717, 1.165) is 14.0 Å². The Balaban J connectivity index is -0.0000000571. The molecule has 1 N–H and O–H groups in total. The van der Waals surface area contributed by atoms with Crippen LogP contribution in [0.1, 0.15) is 23.2 Å². The first-order valence-corrected chi connectivity index (χ1v) is 7.13. The van der Waals surface area contributed by atoms with Gasteiger partial charge in [-0.05, 0) is 6.92 Å². The van der Waals surface area contributed by atoms with E-state index in [9.17, 15) is 75.0 Å². The van der Waals surface area contributed by atoms with Crippen LogP contribution in [-0.2, 0) is 9.59 Å². The molecule has 0 aromatic heterocycles. The number of aliphatic carboxylic acids is 1. The van der Waals surface area contributed by atoms with Gasteiger partial charge in [0, 0.05) is 13.0 Å². The molecule has 0 saturated carbocycles. The van der Waals surface area contributed by atoms with E-state index in [1.165, 1.54) is 5.32 Å². The Morgan fingerprint density at radius 2 is 1.00 bits per heavy atom. The molecule has 0 aliphatic rings. The molecule has 1 unspecified atom stereocenters. The van der Waals surface area contributed by atoms with Gasteiger partial charge in [0.1, 0.15) is 0 Å². The third-order valence-corrected chi connectivity index (χ3v) is 2.13. The number of amides is 1. The predicted octanol–water partition coefficient (Wildman–Crippen LogP) is 1.89. The molecular formula is C14H22F16N2NaO3-. The number of carbonyl (C=O) groups excluding carboxylic acids is 2. The van der Waals surface area contributed by atoms with Gasteiger partial charge in [0.05, 0.1) is 0 Å². The van der Waals surface area contributed by atoms with Gasteiger partial charge >= 0.3 is 74.2 Å². The number of hydrogen-bond donors (Lipinski definition) is 1. The average Bonchev–Trinajstić information content (AvgIpc) is 2.58. The van der Waals surface area contributed by atoms with Gasteiger partial charge in [-0.15, -0.1) is 4.90 Å². The van der Waals surface area contributed by atoms with Crippen molar-refractivity contribution in [3.8, 4) is 0 Å². The van der Waals surface area contributed by atoms with Crippen molar-refractivity contribution in [1.82, 2.24) is 10.2 Å². The van der Waals surface area contributed by atoms with Gasteiger partial charge < -0.3 is 16.6 Å². The first-order valence-electron chi connectivity index (χ1n) is 7.13. The Morgan fingerprint density at radius 3 is 1.11 bits per heavy atom. The second-order valence-corrected chi connectivity index (χ2v) is 4.54. The molecule has 1 atom stereocenters. The molecule has 0 heterocycles. The summed E-state index contributed by atoms with van der Waals surface area (Å²) >= 11 is 0. The van der Waals surface area contributed by atoms with E-state index >= 15 is 0 Å². The van der Waals surface area contributed by atoms with Crippen LogP contribution in [0.3, 0.4) is 0 Å². The molecular weight excluding hydrogens is 571 g/mol. The van der Waals surface area contributed by atoms with Crippen LogP contribution in [-0.4, -0.2) is 74.6 Å². The molecule has 1 amide bonds. The molecule has 0 bridgehead atoms. The standard InChI is InChI=1S/C6H7F7N2O.C3H2F6.C2H4O2.CHF3.2CH4.Na.H/c1-14-3(16)2(7)6(12,13)15(4(8)9)5(10)11;4-1(5)3(8,9)2(6)7;1-2(3)4;2-1(3)4;;;;/h2,4-5H,1H3,(H,14,16);1-2H;1H3,(H,3,4);1H;2*1H4;;/q;;;;;;+1;-1/p-1. The van der Waals surface area contributed by atoms with Gasteiger partial charge in [0.15, 0.2) is 0 Å². The number of rotatable bonds is 7. The van der Waals surface area contributed by atoms with Crippen LogP contribution >= 0.6 is 0 Å². The minimum Gasteiger partial charge on any atom is -1.00 e. The summed E-state index contributed by atoms with van der Waals surface area (Å²) in [5.74, 6) is -8.23. The van der Waals surface area contributed by atoms with Gasteiger partial charge in [-0.1, -0.05) is 14.9 Å². The molecule has 0 aromatic carbocycles. The summed E-state index contributed by atoms with van der Waals surface area (Å²) < 4.78 is 180. The normalized spacial score (nSPS) is 11.6. The van der Waals surface area contributed by atoms with Crippen molar-refractivity contribution in [2.24, 2.45) is 0 Å². The van der Waals surface area contributed by atoms with E-state index in [1.54, 1.807) is 0 Å². The fourth-order valence-electron chi connectivity index (χ4n) is 0.856. The van der Waals surface area contributed by atoms with Crippen molar-refractivity contribution in [3.05, 3.63) is 0 Å². The molecule has 0 aromatic rings. The zero-order valence-electron chi connectivity index (χ0n) is 17.7. The van der Waals surface area contributed by atoms with Crippen molar-refractivity contribution < 1.29 is 116 Å². The van der Waals surface area contributed by atoms with Gasteiger partial charge in [0.2, 0.25) is 0 Å². The molecule has 0 spiro atoms. The van der Waals surface area contributed by atoms with Crippen molar-refractivity contribution in [1.29, 1.82) is 0 Å². The summed E-state index contributed by atoms with van der Waals surface area (Å²) in [6, 6.07) is -5.30. The van der Waals surface area contributed by atoms with Crippen LogP contribution in [0.2, 0.25) is 0 Å². The second-order valence-electron chi connectivity index (χ2n) is 4.54. The number of carbonyl (C=O) groups is 2. The van der Waals surface area contributed by atoms with Crippen LogP contribution in [0.4, 0.5) is 70.2 Å². The SMILES string of the molecule is C.C.CC(=O)[O-].CNC(=O)C(F)C(F)(F)N(C(F)F)C(F)F.FC(F)C(F)(F)C(F)F.FC(F)F.[H-].[Na+]. The molecule has 0 saturated heterocycles. The Hall–Kier alpha value is -1.22. The smallest absolute Gasteiger partial charge is 1.00 e. The summed E-state index contributed by atoms with van der Waals surface area (Å²) in [5.41, 5.74) is 0. The Bertz CT molecular complexity index is 526. The minimum atomic E-state index is -5.30. The van der Waals surface area contributed by atoms with E-state index in [0.29, 0.717) is 0 Å². The second kappa shape index (κ2) is 24.1. The van der Waals surface area contributed by atoms with E-state index < -0.39 is 67.5 Å². The summed E-state index contributed by atoms with van der Waals surface area (Å²) in [4.78, 5) is 17.3. The molecule has 5 nitrogen and oxygen atoms in total. The van der Waals surface area contributed by atoms with Crippen molar-refractivity contribution in [2.75, 3.05) is 7.05 Å². The largest absolute Gasteiger partial charge is 1.00 e. The average molecular weight is 593 g/mol. The fourth-order valence-corrected chi connectivity index (χ4v) is 0.856. The first-order chi connectivity index (χ1) is 14.5. The molecule has 0 rings (SSSR count). The number of halogens is 16. The van der Waals surface area contributed by atoms with E-state index in [-0.39, 0.29) is 45.8 Å². The first kappa shape index (κ1) is 51.4. The van der Waals surface area contributed by atoms with E-state index in [4.69, 9.17) is 9.90 Å². The molecule has 36 heavy (non-hydrogen) atoms. The maximum absolute atomic E-state index is 12.8. The van der Waals surface area contributed by atoms with Gasteiger partial charge in [0.25, 0.3) is 12.1 Å². The Labute approximate surface area is 217 Å². The van der Waals surface area contributed by atoms with E-state index in [2.05, 4.69) is 0 Å². The monoisotopic (exact) mass is 593 g/mol. The van der Waals surface area contributed by atoms with Crippen LogP contribution in [0.25, 0.3) is 0 Å². The number of carboxylic acid groups (broad SMARTS) is 1. The Kier molecular flexibility index (Phi) is 34.5. The van der Waals surface area contributed by atoms with E-state index in [1.807, 2.05) is 0 Å². The number of alkyl halides is 16. The molecule has 22 heteroatoms. The molecule has 0 aliphatic carbocycles. The van der Waals surface area contributed by atoms with Crippen LogP contribution < -0.4 is 40.0 Å². The van der Waals surface area contributed by atoms with Crippen LogP contribution in [0.15, 0.2) is 0 Å². The molecule has 220 valence electrons. The maximum atomic E-state index is 12.8. The number of nitrogens with one attached hydrogen (secondary N) is 1. The van der Waals surface area contributed by atoms with Gasteiger partial charge in [-0.2, -0.15) is 48.3 Å². The van der Waals surface area contributed by atoms with Gasteiger partial charge in [-0.3, -0.25) is 4.79 Å². The van der Waals surface area contributed by atoms with Crippen LogP contribution in [0, 0.1) is 0 Å². The quantitative estimate of drug-likeness (QED) is 0.278. The molecule has 0 aliphatic heterocycles. The van der Waals surface area contributed by atoms with Crippen molar-refractivity contribution in [3.63, 3.8) is 0 Å². The summed E-state index contributed by atoms with van der Waals surface area (Å²) in [5, 5.41) is 10.3. The van der Waals surface area contributed by atoms with Gasteiger partial charge in [-0.25, -0.2) is 22.0 Å². The molecule has 0 radical (unpaired) electrons. The third kappa shape index (κ3) is 24.5. The van der Waals surface area contributed by atoms with Crippen molar-refractivity contribution in [2.45, 2.75) is 72.5 Å². The minimum absolute atomic E-state index is 0. The maximum Gasteiger partial charge on any atom is 1.00 e. The zero-order valence-corrected chi connectivity index (χ0v) is 18.7. The van der Waals surface area contributed by atoms with Crippen LogP contribution in [0.5, 0.6) is 0 Å². The molecule has 0 fully saturated rings. The zero-order chi connectivity index (χ0) is 27.9. The fraction of sp³-hybridized carbons (Fsp3) is 0.857. The van der Waals surface area contributed by atoms with Crippen molar-refractivity contribution >= 4 is 11.9 Å².